The Morgan fingerprint density at radius 3 is 2.80 bits per heavy atom. The van der Waals surface area contributed by atoms with Crippen molar-refractivity contribution in [1.29, 1.82) is 0 Å². The molecule has 1 N–H and O–H groups in total. The lowest BCUT2D eigenvalue weighted by Gasteiger charge is -2.23. The van der Waals surface area contributed by atoms with E-state index in [0.29, 0.717) is 6.54 Å². The molecule has 2 heterocycles. The minimum atomic E-state index is -0.295. The van der Waals surface area contributed by atoms with E-state index in [4.69, 9.17) is 0 Å². The predicted molar refractivity (Wildman–Crippen MR) is 98.3 cm³/mol. The molecule has 0 fully saturated rings. The molecule has 1 atom stereocenters. The van der Waals surface area contributed by atoms with Crippen LogP contribution in [0.15, 0.2) is 30.6 Å². The number of benzene rings is 1. The fraction of sp³-hybridized carbons (Fsp3) is 0.421. The number of hydrogen-bond donors (Lipinski definition) is 1. The third-order valence-electron chi connectivity index (χ3n) is 4.44. The van der Waals surface area contributed by atoms with Gasteiger partial charge in [-0.2, -0.15) is 0 Å². The van der Waals surface area contributed by atoms with Gasteiger partial charge in [0.1, 0.15) is 17.7 Å². The van der Waals surface area contributed by atoms with Crippen molar-refractivity contribution >= 4 is 16.9 Å². The normalized spacial score (nSPS) is 12.7. The summed E-state index contributed by atoms with van der Waals surface area (Å²) in [6.45, 7) is 8.57. The van der Waals surface area contributed by atoms with Crippen LogP contribution in [0.4, 0.5) is 0 Å². The number of fused-ring (bicyclic) bond motifs is 1. The molecule has 0 unspecified atom stereocenters. The highest BCUT2D eigenvalue weighted by atomic mass is 16.2. The number of amides is 1. The molecule has 0 saturated carbocycles. The van der Waals surface area contributed by atoms with E-state index in [9.17, 15) is 4.79 Å². The summed E-state index contributed by atoms with van der Waals surface area (Å²) in [6, 6.07) is 5.80. The first-order valence-corrected chi connectivity index (χ1v) is 8.59. The number of hydrogen-bond acceptors (Lipinski definition) is 3. The van der Waals surface area contributed by atoms with Crippen molar-refractivity contribution in [2.75, 3.05) is 7.05 Å². The molecule has 3 rings (SSSR count). The Bertz CT molecular complexity index is 892. The van der Waals surface area contributed by atoms with Crippen LogP contribution in [0.1, 0.15) is 49.9 Å². The molecule has 0 radical (unpaired) electrons. The average molecular weight is 339 g/mol. The van der Waals surface area contributed by atoms with Crippen LogP contribution >= 0.6 is 0 Å². The Kier molecular flexibility index (Phi) is 4.61. The van der Waals surface area contributed by atoms with E-state index in [1.807, 2.05) is 36.9 Å². The molecule has 0 aliphatic carbocycles. The summed E-state index contributed by atoms with van der Waals surface area (Å²) in [7, 11) is 1.81. The summed E-state index contributed by atoms with van der Waals surface area (Å²) in [5.74, 6) is 2.03. The Labute approximate surface area is 147 Å². The number of nitrogens with zero attached hydrogens (tertiary/aromatic N) is 4. The molecule has 0 aliphatic rings. The van der Waals surface area contributed by atoms with E-state index in [1.165, 1.54) is 5.56 Å². The van der Waals surface area contributed by atoms with Crippen molar-refractivity contribution in [1.82, 2.24) is 24.4 Å². The number of imidazole rings is 2. The van der Waals surface area contributed by atoms with Crippen molar-refractivity contribution in [3.05, 3.63) is 47.8 Å². The quantitative estimate of drug-likeness (QED) is 0.774. The van der Waals surface area contributed by atoms with Crippen molar-refractivity contribution in [3.63, 3.8) is 0 Å². The monoisotopic (exact) mass is 339 g/mol. The summed E-state index contributed by atoms with van der Waals surface area (Å²) >= 11 is 0. The number of nitrogens with one attached hydrogen (secondary N) is 1. The van der Waals surface area contributed by atoms with Crippen LogP contribution in [0.5, 0.6) is 0 Å². The minimum Gasteiger partial charge on any atom is -0.340 e. The second-order valence-electron chi connectivity index (χ2n) is 6.92. The number of likely N-dealkylation sites (N-methyl/N-ethyl adjacent to an activating group) is 1. The summed E-state index contributed by atoms with van der Waals surface area (Å²) in [6.07, 6.45) is 3.62. The van der Waals surface area contributed by atoms with Crippen molar-refractivity contribution in [3.8, 4) is 0 Å². The highest BCUT2D eigenvalue weighted by Crippen LogP contribution is 2.20. The number of carbonyl (C=O) groups excluding carboxylic acids is 1. The summed E-state index contributed by atoms with van der Waals surface area (Å²) in [5, 5.41) is 0. The Balaban J connectivity index is 1.76. The maximum Gasteiger partial charge on any atom is 0.245 e. The minimum absolute atomic E-state index is 0.0385. The van der Waals surface area contributed by atoms with Crippen LogP contribution in [0, 0.1) is 6.92 Å². The first-order chi connectivity index (χ1) is 11.9. The van der Waals surface area contributed by atoms with E-state index < -0.39 is 0 Å². The van der Waals surface area contributed by atoms with E-state index in [2.05, 4.69) is 41.8 Å². The summed E-state index contributed by atoms with van der Waals surface area (Å²) in [4.78, 5) is 26.8. The van der Waals surface area contributed by atoms with E-state index >= 15 is 0 Å². The van der Waals surface area contributed by atoms with Crippen molar-refractivity contribution < 1.29 is 4.79 Å². The van der Waals surface area contributed by atoms with Gasteiger partial charge in [0.25, 0.3) is 0 Å². The Morgan fingerprint density at radius 2 is 2.08 bits per heavy atom. The van der Waals surface area contributed by atoms with Gasteiger partial charge < -0.3 is 14.5 Å². The first-order valence-electron chi connectivity index (χ1n) is 8.59. The Hall–Kier alpha value is -2.63. The van der Waals surface area contributed by atoms with Gasteiger partial charge >= 0.3 is 0 Å². The third kappa shape index (κ3) is 3.43. The van der Waals surface area contributed by atoms with Gasteiger partial charge in [0.15, 0.2) is 0 Å². The van der Waals surface area contributed by atoms with Gasteiger partial charge in [-0.05, 0) is 31.5 Å². The van der Waals surface area contributed by atoms with Gasteiger partial charge in [0.05, 0.1) is 17.6 Å². The topological polar surface area (TPSA) is 66.8 Å². The van der Waals surface area contributed by atoms with E-state index in [0.717, 1.165) is 22.7 Å². The van der Waals surface area contributed by atoms with Gasteiger partial charge in [-0.3, -0.25) is 4.79 Å². The Morgan fingerprint density at radius 1 is 1.32 bits per heavy atom. The van der Waals surface area contributed by atoms with Crippen molar-refractivity contribution in [2.45, 2.75) is 46.2 Å². The van der Waals surface area contributed by atoms with Crippen LogP contribution in [0.25, 0.3) is 11.0 Å². The zero-order valence-corrected chi connectivity index (χ0v) is 15.4. The van der Waals surface area contributed by atoms with Crippen LogP contribution in [-0.4, -0.2) is 37.4 Å². The molecule has 2 aromatic heterocycles. The number of rotatable bonds is 5. The van der Waals surface area contributed by atoms with E-state index in [-0.39, 0.29) is 17.9 Å². The smallest absolute Gasteiger partial charge is 0.245 e. The summed E-state index contributed by atoms with van der Waals surface area (Å²) < 4.78 is 1.95. The van der Waals surface area contributed by atoms with Crippen LogP contribution < -0.4 is 0 Å². The summed E-state index contributed by atoms with van der Waals surface area (Å²) in [5.41, 5.74) is 3.11. The molecule has 0 aliphatic heterocycles. The molecule has 0 spiro atoms. The number of aromatic nitrogens is 4. The fourth-order valence-electron chi connectivity index (χ4n) is 3.09. The lowest BCUT2D eigenvalue weighted by Crippen LogP contribution is -2.33. The second-order valence-corrected chi connectivity index (χ2v) is 6.92. The SMILES string of the molecule is Cc1ccc2nc(CN(C)C(=O)[C@H](C)n3ccnc3C(C)C)[nH]c2c1. The average Bonchev–Trinajstić information content (AvgIpc) is 3.19. The second kappa shape index (κ2) is 6.70. The van der Waals surface area contributed by atoms with Crippen LogP contribution in [0.3, 0.4) is 0 Å². The van der Waals surface area contributed by atoms with Crippen LogP contribution in [-0.2, 0) is 11.3 Å². The molecule has 3 aromatic rings. The number of H-pyrrole nitrogens is 1. The standard InChI is InChI=1S/C19H25N5O/c1-12(2)18-20-8-9-24(18)14(4)19(25)23(5)11-17-21-15-7-6-13(3)10-16(15)22-17/h6-10,12,14H,11H2,1-5H3,(H,21,22)/t14-/m0/s1. The fourth-order valence-corrected chi connectivity index (χ4v) is 3.09. The molecule has 0 bridgehead atoms. The van der Waals surface area contributed by atoms with Gasteiger partial charge in [0, 0.05) is 25.4 Å². The largest absolute Gasteiger partial charge is 0.340 e. The van der Waals surface area contributed by atoms with Gasteiger partial charge in [0.2, 0.25) is 5.91 Å². The molecule has 25 heavy (non-hydrogen) atoms. The van der Waals surface area contributed by atoms with Gasteiger partial charge in [-0.25, -0.2) is 9.97 Å². The molecule has 0 saturated heterocycles. The molecular formula is C19H25N5O. The maximum atomic E-state index is 12.8. The maximum absolute atomic E-state index is 12.8. The molecule has 132 valence electrons. The lowest BCUT2D eigenvalue weighted by molar-refractivity contribution is -0.133. The zero-order chi connectivity index (χ0) is 18.1. The number of aryl methyl sites for hydroxylation is 1. The highest BCUT2D eigenvalue weighted by molar-refractivity contribution is 5.80. The van der Waals surface area contributed by atoms with Gasteiger partial charge in [-0.1, -0.05) is 19.9 Å². The van der Waals surface area contributed by atoms with Crippen LogP contribution in [0.2, 0.25) is 0 Å². The molecular weight excluding hydrogens is 314 g/mol. The van der Waals surface area contributed by atoms with Crippen molar-refractivity contribution in [2.24, 2.45) is 0 Å². The van der Waals surface area contributed by atoms with E-state index in [1.54, 1.807) is 11.1 Å². The molecule has 1 aromatic carbocycles. The highest BCUT2D eigenvalue weighted by Gasteiger charge is 2.23. The predicted octanol–water partition coefficient (Wildman–Crippen LogP) is 3.41. The first kappa shape index (κ1) is 17.2. The van der Waals surface area contributed by atoms with Gasteiger partial charge in [-0.15, -0.1) is 0 Å². The number of aromatic amines is 1. The molecule has 6 heteroatoms. The number of carbonyl (C=O) groups is 1. The third-order valence-corrected chi connectivity index (χ3v) is 4.44. The lowest BCUT2D eigenvalue weighted by atomic mass is 10.2. The molecule has 6 nitrogen and oxygen atoms in total. The molecule has 1 amide bonds. The zero-order valence-electron chi connectivity index (χ0n) is 15.4.